The number of hydrogen-bond donors (Lipinski definition) is 0. The highest BCUT2D eigenvalue weighted by Crippen LogP contribution is 2.34. The molecule has 0 aromatic heterocycles. The summed E-state index contributed by atoms with van der Waals surface area (Å²) in [6.45, 7) is 1.90. The van der Waals surface area contributed by atoms with Crippen LogP contribution in [-0.4, -0.2) is 28.1 Å². The molecule has 0 aliphatic rings. The molecule has 0 saturated carbocycles. The van der Waals surface area contributed by atoms with Crippen LogP contribution in [0.5, 0.6) is 5.75 Å². The molecule has 0 fully saturated rings. The zero-order chi connectivity index (χ0) is 20.1. The Bertz CT molecular complexity index is 1070. The summed E-state index contributed by atoms with van der Waals surface area (Å²) in [5.74, 6) is 0.0179. The lowest BCUT2D eigenvalue weighted by Gasteiger charge is -2.18. The topological polar surface area (TPSA) is 69.7 Å². The molecule has 3 aromatic rings. The van der Waals surface area contributed by atoms with Crippen LogP contribution in [0.2, 0.25) is 0 Å². The van der Waals surface area contributed by atoms with E-state index in [0.29, 0.717) is 11.3 Å². The van der Waals surface area contributed by atoms with Gasteiger partial charge in [0.25, 0.3) is 0 Å². The third-order valence-electron chi connectivity index (χ3n) is 4.57. The molecule has 0 amide bonds. The summed E-state index contributed by atoms with van der Waals surface area (Å²) in [6.07, 6.45) is -0.249. The molecule has 28 heavy (non-hydrogen) atoms. The molecule has 146 valence electrons. The summed E-state index contributed by atoms with van der Waals surface area (Å²) in [4.78, 5) is 12.3. The zero-order valence-electron chi connectivity index (χ0n) is 15.8. The minimum Gasteiger partial charge on any atom is -0.497 e. The molecule has 3 aromatic carbocycles. The molecule has 0 heterocycles. The summed E-state index contributed by atoms with van der Waals surface area (Å²) >= 11 is 0. The van der Waals surface area contributed by atoms with Crippen LogP contribution in [0.15, 0.2) is 71.6 Å². The van der Waals surface area contributed by atoms with Crippen LogP contribution in [0.4, 0.5) is 0 Å². The summed E-state index contributed by atoms with van der Waals surface area (Å²) in [6, 6.07) is 19.3. The molecular weight excluding hydrogens is 376 g/mol. The Hall–Kier alpha value is -2.86. The van der Waals surface area contributed by atoms with Crippen molar-refractivity contribution in [2.45, 2.75) is 23.5 Å². The fraction of sp³-hybridized carbons (Fsp3) is 0.227. The number of ether oxygens (including phenoxy) is 2. The number of fused-ring (bicyclic) bond motifs is 1. The second kappa shape index (κ2) is 8.44. The van der Waals surface area contributed by atoms with E-state index in [1.165, 1.54) is 19.2 Å². The molecule has 0 N–H and O–H groups in total. The standard InChI is InChI=1S/C22H22O5S/c1-3-27-22(23)15-21(18-9-8-16-6-4-5-7-17(16)14-18)28(24,25)20-12-10-19(26-2)11-13-20/h4-14,21H,3,15H2,1-2H3. The normalized spacial score (nSPS) is 12.5. The maximum atomic E-state index is 13.4. The van der Waals surface area contributed by atoms with Crippen LogP contribution in [0.1, 0.15) is 24.2 Å². The van der Waals surface area contributed by atoms with E-state index in [9.17, 15) is 13.2 Å². The summed E-state index contributed by atoms with van der Waals surface area (Å²) < 4.78 is 36.8. The maximum absolute atomic E-state index is 13.4. The van der Waals surface area contributed by atoms with Crippen molar-refractivity contribution in [2.75, 3.05) is 13.7 Å². The molecule has 0 aliphatic carbocycles. The first-order chi connectivity index (χ1) is 13.5. The van der Waals surface area contributed by atoms with Crippen molar-refractivity contribution >= 4 is 26.6 Å². The zero-order valence-corrected chi connectivity index (χ0v) is 16.6. The lowest BCUT2D eigenvalue weighted by molar-refractivity contribution is -0.143. The van der Waals surface area contributed by atoms with E-state index in [1.54, 1.807) is 25.1 Å². The molecule has 0 aliphatic heterocycles. The average Bonchev–Trinajstić information content (AvgIpc) is 2.72. The Morgan fingerprint density at radius 1 is 0.964 bits per heavy atom. The number of sulfone groups is 1. The van der Waals surface area contributed by atoms with Crippen LogP contribution >= 0.6 is 0 Å². The molecule has 0 bridgehead atoms. The quantitative estimate of drug-likeness (QED) is 0.555. The van der Waals surface area contributed by atoms with Gasteiger partial charge < -0.3 is 9.47 Å². The monoisotopic (exact) mass is 398 g/mol. The van der Waals surface area contributed by atoms with Gasteiger partial charge in [0, 0.05) is 0 Å². The van der Waals surface area contributed by atoms with Gasteiger partial charge >= 0.3 is 5.97 Å². The highest BCUT2D eigenvalue weighted by Gasteiger charge is 2.32. The first-order valence-electron chi connectivity index (χ1n) is 8.98. The minimum atomic E-state index is -3.82. The van der Waals surface area contributed by atoms with Crippen molar-refractivity contribution in [3.63, 3.8) is 0 Å². The van der Waals surface area contributed by atoms with Gasteiger partial charge in [-0.1, -0.05) is 36.4 Å². The average molecular weight is 398 g/mol. The van der Waals surface area contributed by atoms with Crippen molar-refractivity contribution in [2.24, 2.45) is 0 Å². The molecular formula is C22H22O5S. The number of carbonyl (C=O) groups is 1. The first kappa shape index (κ1) is 19.9. The number of benzene rings is 3. The van der Waals surface area contributed by atoms with Gasteiger partial charge in [0.2, 0.25) is 0 Å². The Morgan fingerprint density at radius 2 is 1.64 bits per heavy atom. The van der Waals surface area contributed by atoms with E-state index < -0.39 is 21.1 Å². The van der Waals surface area contributed by atoms with Crippen LogP contribution in [0, 0.1) is 0 Å². The fourth-order valence-electron chi connectivity index (χ4n) is 3.12. The molecule has 0 spiro atoms. The predicted molar refractivity (Wildman–Crippen MR) is 108 cm³/mol. The lowest BCUT2D eigenvalue weighted by Crippen LogP contribution is -2.19. The van der Waals surface area contributed by atoms with Gasteiger partial charge in [0.1, 0.15) is 11.0 Å². The molecule has 0 radical (unpaired) electrons. The fourth-order valence-corrected chi connectivity index (χ4v) is 4.82. The Kier molecular flexibility index (Phi) is 5.99. The number of methoxy groups -OCH3 is 1. The highest BCUT2D eigenvalue weighted by atomic mass is 32.2. The van der Waals surface area contributed by atoms with E-state index in [0.717, 1.165) is 10.8 Å². The molecule has 1 atom stereocenters. The molecule has 3 rings (SSSR count). The molecule has 5 nitrogen and oxygen atoms in total. The van der Waals surface area contributed by atoms with Crippen molar-refractivity contribution in [1.29, 1.82) is 0 Å². The van der Waals surface area contributed by atoms with Crippen molar-refractivity contribution in [3.8, 4) is 5.75 Å². The largest absolute Gasteiger partial charge is 0.497 e. The number of hydrogen-bond acceptors (Lipinski definition) is 5. The minimum absolute atomic E-state index is 0.135. The Balaban J connectivity index is 2.07. The van der Waals surface area contributed by atoms with Crippen molar-refractivity contribution in [1.82, 2.24) is 0 Å². The van der Waals surface area contributed by atoms with Crippen molar-refractivity contribution in [3.05, 3.63) is 72.3 Å². The van der Waals surface area contributed by atoms with Crippen LogP contribution in [0.25, 0.3) is 10.8 Å². The van der Waals surface area contributed by atoms with Gasteiger partial charge in [-0.3, -0.25) is 4.79 Å². The Morgan fingerprint density at radius 3 is 2.29 bits per heavy atom. The second-order valence-corrected chi connectivity index (χ2v) is 8.46. The summed E-state index contributed by atoms with van der Waals surface area (Å²) in [5, 5.41) is 0.881. The smallest absolute Gasteiger partial charge is 0.307 e. The lowest BCUT2D eigenvalue weighted by atomic mass is 10.0. The van der Waals surface area contributed by atoms with Crippen LogP contribution in [-0.2, 0) is 19.4 Å². The van der Waals surface area contributed by atoms with Crippen LogP contribution < -0.4 is 4.74 Å². The summed E-state index contributed by atoms with van der Waals surface area (Å²) in [7, 11) is -2.30. The van der Waals surface area contributed by atoms with Crippen molar-refractivity contribution < 1.29 is 22.7 Å². The van der Waals surface area contributed by atoms with Gasteiger partial charge in [0.15, 0.2) is 9.84 Å². The predicted octanol–water partition coefficient (Wildman–Crippen LogP) is 4.32. The highest BCUT2D eigenvalue weighted by molar-refractivity contribution is 7.91. The second-order valence-electron chi connectivity index (χ2n) is 6.32. The molecule has 0 saturated heterocycles. The van der Waals surface area contributed by atoms with Gasteiger partial charge in [0.05, 0.1) is 25.0 Å². The van der Waals surface area contributed by atoms with E-state index in [2.05, 4.69) is 0 Å². The molecule has 6 heteroatoms. The van der Waals surface area contributed by atoms with E-state index >= 15 is 0 Å². The van der Waals surface area contributed by atoms with Gasteiger partial charge in [-0.25, -0.2) is 8.42 Å². The Labute approximate surface area is 164 Å². The van der Waals surface area contributed by atoms with E-state index in [4.69, 9.17) is 9.47 Å². The van der Waals surface area contributed by atoms with Crippen LogP contribution in [0.3, 0.4) is 0 Å². The maximum Gasteiger partial charge on any atom is 0.307 e. The van der Waals surface area contributed by atoms with Gasteiger partial charge in [-0.05, 0) is 53.6 Å². The number of carbonyl (C=O) groups excluding carboxylic acids is 1. The van der Waals surface area contributed by atoms with Gasteiger partial charge in [-0.15, -0.1) is 0 Å². The third-order valence-corrected chi connectivity index (χ3v) is 6.68. The number of rotatable bonds is 7. The summed E-state index contributed by atoms with van der Waals surface area (Å²) in [5.41, 5.74) is 0.558. The van der Waals surface area contributed by atoms with E-state index in [-0.39, 0.29) is 17.9 Å². The third kappa shape index (κ3) is 4.17. The van der Waals surface area contributed by atoms with Gasteiger partial charge in [-0.2, -0.15) is 0 Å². The SMILES string of the molecule is CCOC(=O)CC(c1ccc2ccccc2c1)S(=O)(=O)c1ccc(OC)cc1. The van der Waals surface area contributed by atoms with E-state index in [1.807, 2.05) is 36.4 Å². The molecule has 1 unspecified atom stereocenters. The first-order valence-corrected chi connectivity index (χ1v) is 10.5. The number of esters is 1.